The number of benzene rings is 1. The molecule has 4 rings (SSSR count). The van der Waals surface area contributed by atoms with E-state index in [2.05, 4.69) is 20.4 Å². The molecule has 2 atom stereocenters. The van der Waals surface area contributed by atoms with Crippen LogP contribution < -0.4 is 15.8 Å². The Kier molecular flexibility index (Phi) is 4.82. The Morgan fingerprint density at radius 1 is 1.38 bits per heavy atom. The summed E-state index contributed by atoms with van der Waals surface area (Å²) in [7, 11) is 1.64. The third kappa shape index (κ3) is 3.07. The highest BCUT2D eigenvalue weighted by atomic mass is 35.5. The zero-order valence-electron chi connectivity index (χ0n) is 16.8. The van der Waals surface area contributed by atoms with E-state index in [0.717, 1.165) is 33.5 Å². The van der Waals surface area contributed by atoms with Crippen molar-refractivity contribution in [2.45, 2.75) is 39.2 Å². The van der Waals surface area contributed by atoms with Crippen LogP contribution in [0.2, 0.25) is 5.02 Å². The van der Waals surface area contributed by atoms with Gasteiger partial charge in [-0.3, -0.25) is 4.79 Å². The number of ether oxygens (including phenoxy) is 1. The van der Waals surface area contributed by atoms with Gasteiger partial charge in [0.1, 0.15) is 17.9 Å². The van der Waals surface area contributed by atoms with Crippen LogP contribution in [0.25, 0.3) is 11.0 Å². The maximum Gasteiger partial charge on any atom is 0.220 e. The molecule has 1 aliphatic heterocycles. The van der Waals surface area contributed by atoms with Gasteiger partial charge in [0.05, 0.1) is 24.2 Å². The van der Waals surface area contributed by atoms with Gasteiger partial charge in [-0.2, -0.15) is 5.10 Å². The van der Waals surface area contributed by atoms with E-state index in [1.165, 1.54) is 6.33 Å². The molecule has 3 N–H and O–H groups in total. The topological polar surface area (TPSA) is 108 Å². The van der Waals surface area contributed by atoms with Gasteiger partial charge in [-0.25, -0.2) is 14.6 Å². The lowest BCUT2D eigenvalue weighted by molar-refractivity contribution is -0.119. The fraction of sp³-hybridized carbons (Fsp3) is 0.400. The molecule has 1 saturated heterocycles. The van der Waals surface area contributed by atoms with Gasteiger partial charge in [0.25, 0.3) is 0 Å². The predicted molar refractivity (Wildman–Crippen MR) is 111 cm³/mol. The molecule has 9 heteroatoms. The first-order valence-corrected chi connectivity index (χ1v) is 9.80. The minimum Gasteiger partial charge on any atom is -0.496 e. The number of aromatic nitrogens is 4. The van der Waals surface area contributed by atoms with Gasteiger partial charge in [0.2, 0.25) is 5.91 Å². The number of nitrogen functional groups attached to an aromatic ring is 1. The van der Waals surface area contributed by atoms with Crippen molar-refractivity contribution < 1.29 is 9.53 Å². The van der Waals surface area contributed by atoms with Crippen LogP contribution in [0, 0.1) is 13.8 Å². The van der Waals surface area contributed by atoms with Crippen molar-refractivity contribution in [1.29, 1.82) is 0 Å². The molecule has 1 unspecified atom stereocenters. The number of rotatable bonds is 4. The number of aryl methyl sites for hydroxylation is 1. The molecule has 2 aromatic heterocycles. The van der Waals surface area contributed by atoms with Crippen molar-refractivity contribution in [3.8, 4) is 5.75 Å². The van der Waals surface area contributed by atoms with Crippen LogP contribution in [0.4, 0.5) is 5.82 Å². The Bertz CT molecular complexity index is 1130. The number of anilines is 1. The first-order valence-electron chi connectivity index (χ1n) is 9.42. The summed E-state index contributed by atoms with van der Waals surface area (Å²) in [5, 5.41) is 8.92. The molecule has 0 radical (unpaired) electrons. The summed E-state index contributed by atoms with van der Waals surface area (Å²) in [4.78, 5) is 20.3. The number of amides is 1. The van der Waals surface area contributed by atoms with E-state index in [9.17, 15) is 4.79 Å². The van der Waals surface area contributed by atoms with Gasteiger partial charge in [-0.15, -0.1) is 0 Å². The van der Waals surface area contributed by atoms with E-state index in [4.69, 9.17) is 22.1 Å². The Balaban J connectivity index is 1.90. The van der Waals surface area contributed by atoms with Crippen LogP contribution in [-0.2, 0) is 4.79 Å². The van der Waals surface area contributed by atoms with Gasteiger partial charge >= 0.3 is 0 Å². The summed E-state index contributed by atoms with van der Waals surface area (Å²) in [5.74, 6) is 1.17. The van der Waals surface area contributed by atoms with Gasteiger partial charge < -0.3 is 15.8 Å². The molecular formula is C20H23ClN6O2. The van der Waals surface area contributed by atoms with E-state index in [1.807, 2.05) is 31.5 Å². The number of carbonyl (C=O) groups is 1. The Morgan fingerprint density at radius 3 is 2.79 bits per heavy atom. The lowest BCUT2D eigenvalue weighted by atomic mass is 9.89. The minimum absolute atomic E-state index is 0.0103. The average molecular weight is 415 g/mol. The monoisotopic (exact) mass is 414 g/mol. The lowest BCUT2D eigenvalue weighted by Gasteiger charge is -2.24. The van der Waals surface area contributed by atoms with E-state index >= 15 is 0 Å². The third-order valence-corrected chi connectivity index (χ3v) is 6.04. The summed E-state index contributed by atoms with van der Waals surface area (Å²) in [6.07, 6.45) is 1.85. The van der Waals surface area contributed by atoms with Crippen LogP contribution in [-0.4, -0.2) is 39.3 Å². The van der Waals surface area contributed by atoms with Gasteiger partial charge in [-0.05, 0) is 32.4 Å². The molecule has 152 valence electrons. The first kappa shape index (κ1) is 19.4. The maximum atomic E-state index is 11.8. The van der Waals surface area contributed by atoms with Crippen molar-refractivity contribution in [2.24, 2.45) is 0 Å². The molecule has 1 aliphatic rings. The second-order valence-electron chi connectivity index (χ2n) is 7.39. The van der Waals surface area contributed by atoms with E-state index in [1.54, 1.807) is 7.11 Å². The van der Waals surface area contributed by atoms with Crippen molar-refractivity contribution in [1.82, 2.24) is 25.1 Å². The number of fused-ring (bicyclic) bond motifs is 1. The summed E-state index contributed by atoms with van der Waals surface area (Å²) in [6, 6.07) is 1.68. The second kappa shape index (κ2) is 7.18. The van der Waals surface area contributed by atoms with Crippen LogP contribution in [0.5, 0.6) is 5.75 Å². The normalized spacial score (nSPS) is 17.6. The van der Waals surface area contributed by atoms with Crippen LogP contribution in [0.3, 0.4) is 0 Å². The highest BCUT2D eigenvalue weighted by Crippen LogP contribution is 2.43. The smallest absolute Gasteiger partial charge is 0.220 e. The lowest BCUT2D eigenvalue weighted by Crippen LogP contribution is -2.15. The molecule has 0 bridgehead atoms. The molecule has 0 aliphatic carbocycles. The Morgan fingerprint density at radius 2 is 2.14 bits per heavy atom. The summed E-state index contributed by atoms with van der Waals surface area (Å²) < 4.78 is 7.66. The number of nitrogens with two attached hydrogens (primary N) is 1. The molecule has 1 amide bonds. The number of nitrogens with one attached hydrogen (secondary N) is 1. The first-order chi connectivity index (χ1) is 13.8. The van der Waals surface area contributed by atoms with Crippen LogP contribution >= 0.6 is 11.6 Å². The molecule has 8 nitrogen and oxygen atoms in total. The molecule has 0 spiro atoms. The van der Waals surface area contributed by atoms with Crippen molar-refractivity contribution in [3.05, 3.63) is 39.8 Å². The molecule has 29 heavy (non-hydrogen) atoms. The third-order valence-electron chi connectivity index (χ3n) is 5.65. The van der Waals surface area contributed by atoms with Crippen LogP contribution in [0.15, 0.2) is 12.4 Å². The molecule has 3 heterocycles. The summed E-state index contributed by atoms with van der Waals surface area (Å²) in [6.45, 7) is 6.41. The number of nitrogens with zero attached hydrogens (tertiary/aromatic N) is 4. The SMILES string of the molecule is COc1c([C@H](C)n2nc(C)c3c(N)ncnc32)cc(Cl)c(C)c1C1CNC(=O)C1. The van der Waals surface area contributed by atoms with Crippen molar-refractivity contribution >= 4 is 34.4 Å². The fourth-order valence-corrected chi connectivity index (χ4v) is 4.39. The quantitative estimate of drug-likeness (QED) is 0.679. The van der Waals surface area contributed by atoms with Gasteiger partial charge in [0.15, 0.2) is 5.65 Å². The maximum absolute atomic E-state index is 11.8. The largest absolute Gasteiger partial charge is 0.496 e. The zero-order valence-corrected chi connectivity index (χ0v) is 17.5. The highest BCUT2D eigenvalue weighted by Gasteiger charge is 2.31. The predicted octanol–water partition coefficient (Wildman–Crippen LogP) is 2.90. The zero-order chi connectivity index (χ0) is 20.9. The molecule has 1 aromatic carbocycles. The number of methoxy groups -OCH3 is 1. The molecular weight excluding hydrogens is 392 g/mol. The molecule has 0 saturated carbocycles. The average Bonchev–Trinajstić information content (AvgIpc) is 3.27. The summed E-state index contributed by atoms with van der Waals surface area (Å²) >= 11 is 6.61. The Hall–Kier alpha value is -2.87. The Labute approximate surface area is 173 Å². The van der Waals surface area contributed by atoms with Crippen LogP contribution in [0.1, 0.15) is 47.7 Å². The number of hydrogen-bond donors (Lipinski definition) is 2. The van der Waals surface area contributed by atoms with Gasteiger partial charge in [-0.1, -0.05) is 11.6 Å². The minimum atomic E-state index is -0.225. The van der Waals surface area contributed by atoms with E-state index in [-0.39, 0.29) is 17.9 Å². The standard InChI is InChI=1S/C20H23ClN6O2/c1-9-14(21)6-13(18(29-4)16(9)12-5-15(28)23-7-12)11(3)27-20-17(10(2)26-27)19(22)24-8-25-20/h6,8,11-12H,5,7H2,1-4H3,(H,23,28)(H2,22,24,25)/t11-,12?/m0/s1. The molecule has 3 aromatic rings. The van der Waals surface area contributed by atoms with Gasteiger partial charge in [0, 0.05) is 35.0 Å². The van der Waals surface area contributed by atoms with E-state index in [0.29, 0.717) is 29.5 Å². The van der Waals surface area contributed by atoms with E-state index < -0.39 is 0 Å². The second-order valence-corrected chi connectivity index (χ2v) is 7.80. The number of hydrogen-bond acceptors (Lipinski definition) is 6. The van der Waals surface area contributed by atoms with Crippen molar-refractivity contribution in [3.63, 3.8) is 0 Å². The summed E-state index contributed by atoms with van der Waals surface area (Å²) in [5.41, 5.74) is 10.2. The number of carbonyl (C=O) groups excluding carboxylic acids is 1. The number of halogens is 1. The highest BCUT2D eigenvalue weighted by molar-refractivity contribution is 6.31. The fourth-order valence-electron chi connectivity index (χ4n) is 4.17. The molecule has 1 fully saturated rings. The van der Waals surface area contributed by atoms with Crippen molar-refractivity contribution in [2.75, 3.05) is 19.4 Å².